The molecule has 1 aromatic rings. The predicted octanol–water partition coefficient (Wildman–Crippen LogP) is 2.19. The zero-order valence-corrected chi connectivity index (χ0v) is 14.2. The summed E-state index contributed by atoms with van der Waals surface area (Å²) < 4.78 is 5.04. The molecule has 0 aliphatic heterocycles. The van der Waals surface area contributed by atoms with Crippen LogP contribution in [0.3, 0.4) is 0 Å². The molecule has 22 heavy (non-hydrogen) atoms. The highest BCUT2D eigenvalue weighted by Gasteiger charge is 2.10. The molecule has 0 spiro atoms. The normalized spacial score (nSPS) is 11.2. The van der Waals surface area contributed by atoms with Gasteiger partial charge in [-0.2, -0.15) is 0 Å². The number of ether oxygens (including phenoxy) is 1. The average molecular weight is 329 g/mol. The minimum absolute atomic E-state index is 0. The third-order valence-electron chi connectivity index (χ3n) is 3.15. The molecule has 0 aliphatic carbocycles. The van der Waals surface area contributed by atoms with Crippen molar-refractivity contribution in [3.8, 4) is 5.75 Å². The summed E-state index contributed by atoms with van der Waals surface area (Å²) in [7, 11) is 1.58. The van der Waals surface area contributed by atoms with Crippen LogP contribution in [0.25, 0.3) is 0 Å². The van der Waals surface area contributed by atoms with Gasteiger partial charge in [0.15, 0.2) is 5.78 Å². The standard InChI is InChI=1S/C16H24N2O3.ClH/c1-4-17-12(2)11-18-16(20)10-9-15(19)13-5-7-14(21-3)8-6-13;/h5-8,12,17H,4,9-11H2,1-3H3,(H,18,20);1H/t12-;/m1./s1. The fourth-order valence-corrected chi connectivity index (χ4v) is 1.92. The van der Waals surface area contributed by atoms with Gasteiger partial charge in [0, 0.05) is 31.0 Å². The number of carbonyl (C=O) groups is 2. The lowest BCUT2D eigenvalue weighted by Crippen LogP contribution is -2.38. The van der Waals surface area contributed by atoms with E-state index in [2.05, 4.69) is 10.6 Å². The van der Waals surface area contributed by atoms with Crippen LogP contribution in [0.5, 0.6) is 5.75 Å². The number of carbonyl (C=O) groups excluding carboxylic acids is 2. The Kier molecular flexibility index (Phi) is 10.2. The third-order valence-corrected chi connectivity index (χ3v) is 3.15. The zero-order valence-electron chi connectivity index (χ0n) is 13.3. The van der Waals surface area contributed by atoms with Crippen LogP contribution in [0.4, 0.5) is 0 Å². The lowest BCUT2D eigenvalue weighted by Gasteiger charge is -2.13. The van der Waals surface area contributed by atoms with Crippen molar-refractivity contribution in [2.45, 2.75) is 32.7 Å². The van der Waals surface area contributed by atoms with Gasteiger partial charge < -0.3 is 15.4 Å². The highest BCUT2D eigenvalue weighted by atomic mass is 35.5. The number of hydrogen-bond donors (Lipinski definition) is 2. The summed E-state index contributed by atoms with van der Waals surface area (Å²) in [6.45, 7) is 5.47. The molecule has 0 aromatic heterocycles. The van der Waals surface area contributed by atoms with E-state index in [1.165, 1.54) is 0 Å². The van der Waals surface area contributed by atoms with Gasteiger partial charge in [0.1, 0.15) is 5.75 Å². The fourth-order valence-electron chi connectivity index (χ4n) is 1.92. The van der Waals surface area contributed by atoms with Crippen LogP contribution < -0.4 is 15.4 Å². The summed E-state index contributed by atoms with van der Waals surface area (Å²) in [5, 5.41) is 6.03. The first-order chi connectivity index (χ1) is 10.1. The number of benzene rings is 1. The Morgan fingerprint density at radius 2 is 1.82 bits per heavy atom. The molecule has 0 fully saturated rings. The van der Waals surface area contributed by atoms with E-state index in [4.69, 9.17) is 4.74 Å². The van der Waals surface area contributed by atoms with Gasteiger partial charge in [-0.05, 0) is 37.7 Å². The van der Waals surface area contributed by atoms with Crippen molar-refractivity contribution >= 4 is 24.1 Å². The molecular weight excluding hydrogens is 304 g/mol. The summed E-state index contributed by atoms with van der Waals surface area (Å²) in [4.78, 5) is 23.6. The molecule has 1 rings (SSSR count). The Bertz CT molecular complexity index is 463. The van der Waals surface area contributed by atoms with Gasteiger partial charge in [-0.3, -0.25) is 9.59 Å². The quantitative estimate of drug-likeness (QED) is 0.682. The summed E-state index contributed by atoms with van der Waals surface area (Å²) in [5.74, 6) is 0.579. The summed E-state index contributed by atoms with van der Waals surface area (Å²) in [6, 6.07) is 7.14. The molecule has 0 saturated carbocycles. The molecule has 0 saturated heterocycles. The summed E-state index contributed by atoms with van der Waals surface area (Å²) >= 11 is 0. The maximum absolute atomic E-state index is 12.0. The van der Waals surface area contributed by atoms with E-state index >= 15 is 0 Å². The number of halogens is 1. The van der Waals surface area contributed by atoms with Crippen molar-refractivity contribution in [2.75, 3.05) is 20.2 Å². The molecule has 0 radical (unpaired) electrons. The smallest absolute Gasteiger partial charge is 0.220 e. The molecule has 6 heteroatoms. The van der Waals surface area contributed by atoms with E-state index in [9.17, 15) is 9.59 Å². The van der Waals surface area contributed by atoms with Crippen LogP contribution in [0, 0.1) is 0 Å². The fraction of sp³-hybridized carbons (Fsp3) is 0.500. The van der Waals surface area contributed by atoms with E-state index < -0.39 is 0 Å². The Balaban J connectivity index is 0.00000441. The van der Waals surface area contributed by atoms with Crippen LogP contribution in [-0.2, 0) is 4.79 Å². The first kappa shape index (κ1) is 20.4. The first-order valence-corrected chi connectivity index (χ1v) is 7.24. The number of rotatable bonds is 9. The van der Waals surface area contributed by atoms with Crippen LogP contribution >= 0.6 is 12.4 Å². The molecule has 0 bridgehead atoms. The van der Waals surface area contributed by atoms with Crippen LogP contribution in [0.2, 0.25) is 0 Å². The topological polar surface area (TPSA) is 67.4 Å². The zero-order chi connectivity index (χ0) is 15.7. The van der Waals surface area contributed by atoms with E-state index in [0.717, 1.165) is 6.54 Å². The van der Waals surface area contributed by atoms with Gasteiger partial charge in [-0.1, -0.05) is 6.92 Å². The van der Waals surface area contributed by atoms with Gasteiger partial charge >= 0.3 is 0 Å². The second kappa shape index (κ2) is 11.0. The lowest BCUT2D eigenvalue weighted by atomic mass is 10.1. The molecule has 2 N–H and O–H groups in total. The molecule has 1 atom stereocenters. The number of hydrogen-bond acceptors (Lipinski definition) is 4. The van der Waals surface area contributed by atoms with Crippen molar-refractivity contribution in [3.63, 3.8) is 0 Å². The first-order valence-electron chi connectivity index (χ1n) is 7.24. The third kappa shape index (κ3) is 7.43. The minimum atomic E-state index is -0.0957. The largest absolute Gasteiger partial charge is 0.497 e. The van der Waals surface area contributed by atoms with E-state index in [1.54, 1.807) is 31.4 Å². The second-order valence-electron chi connectivity index (χ2n) is 4.91. The number of nitrogens with one attached hydrogen (secondary N) is 2. The highest BCUT2D eigenvalue weighted by Crippen LogP contribution is 2.13. The molecule has 0 aliphatic rings. The number of methoxy groups -OCH3 is 1. The van der Waals surface area contributed by atoms with Gasteiger partial charge in [-0.15, -0.1) is 12.4 Å². The maximum atomic E-state index is 12.0. The van der Waals surface area contributed by atoms with Crippen molar-refractivity contribution < 1.29 is 14.3 Å². The SMILES string of the molecule is CCN[C@H](C)CNC(=O)CCC(=O)c1ccc(OC)cc1.Cl. The Hall–Kier alpha value is -1.59. The Labute approximate surface area is 138 Å². The van der Waals surface area contributed by atoms with Crippen LogP contribution in [0.1, 0.15) is 37.0 Å². The average Bonchev–Trinajstić information content (AvgIpc) is 2.51. The molecule has 1 aromatic carbocycles. The van der Waals surface area contributed by atoms with E-state index in [0.29, 0.717) is 17.9 Å². The molecule has 5 nitrogen and oxygen atoms in total. The van der Waals surface area contributed by atoms with E-state index in [-0.39, 0.29) is 43.0 Å². The number of amides is 1. The Morgan fingerprint density at radius 1 is 1.18 bits per heavy atom. The van der Waals surface area contributed by atoms with Crippen molar-refractivity contribution in [1.82, 2.24) is 10.6 Å². The van der Waals surface area contributed by atoms with Crippen molar-refractivity contribution in [1.29, 1.82) is 0 Å². The number of ketones is 1. The van der Waals surface area contributed by atoms with Gasteiger partial charge in [0.25, 0.3) is 0 Å². The van der Waals surface area contributed by atoms with Crippen LogP contribution in [-0.4, -0.2) is 37.9 Å². The summed E-state index contributed by atoms with van der Waals surface area (Å²) in [6.07, 6.45) is 0.428. The van der Waals surface area contributed by atoms with Gasteiger partial charge in [-0.25, -0.2) is 0 Å². The second-order valence-corrected chi connectivity index (χ2v) is 4.91. The Morgan fingerprint density at radius 3 is 2.36 bits per heavy atom. The van der Waals surface area contributed by atoms with Gasteiger partial charge in [0.2, 0.25) is 5.91 Å². The van der Waals surface area contributed by atoms with E-state index in [1.807, 2.05) is 13.8 Å². The number of likely N-dealkylation sites (N-methyl/N-ethyl adjacent to an activating group) is 1. The van der Waals surface area contributed by atoms with Crippen LogP contribution in [0.15, 0.2) is 24.3 Å². The lowest BCUT2D eigenvalue weighted by molar-refractivity contribution is -0.121. The molecule has 1 amide bonds. The predicted molar refractivity (Wildman–Crippen MR) is 90.0 cm³/mol. The molecule has 0 unspecified atom stereocenters. The minimum Gasteiger partial charge on any atom is -0.497 e. The maximum Gasteiger partial charge on any atom is 0.220 e. The monoisotopic (exact) mass is 328 g/mol. The molecule has 124 valence electrons. The number of Topliss-reactive ketones (excluding diaryl/α,β-unsaturated/α-hetero) is 1. The van der Waals surface area contributed by atoms with Crippen molar-refractivity contribution in [3.05, 3.63) is 29.8 Å². The van der Waals surface area contributed by atoms with Crippen molar-refractivity contribution in [2.24, 2.45) is 0 Å². The highest BCUT2D eigenvalue weighted by molar-refractivity contribution is 5.98. The molecule has 0 heterocycles. The summed E-state index contributed by atoms with van der Waals surface area (Å²) in [5.41, 5.74) is 0.601. The molecular formula is C16H25ClN2O3. The van der Waals surface area contributed by atoms with Gasteiger partial charge in [0.05, 0.1) is 7.11 Å².